The summed E-state index contributed by atoms with van der Waals surface area (Å²) in [5.74, 6) is 5.63. The Labute approximate surface area is 124 Å². The molecule has 1 aromatic heterocycles. The molecule has 0 bridgehead atoms. The highest BCUT2D eigenvalue weighted by Crippen LogP contribution is 2.23. The van der Waals surface area contributed by atoms with E-state index in [2.05, 4.69) is 32.8 Å². The average molecular weight is 346 g/mol. The summed E-state index contributed by atoms with van der Waals surface area (Å²) in [6.07, 6.45) is 1.73. The molecule has 1 unspecified atom stereocenters. The summed E-state index contributed by atoms with van der Waals surface area (Å²) < 4.78 is 1.12. The molecule has 0 fully saturated rings. The normalized spacial score (nSPS) is 12.6. The van der Waals surface area contributed by atoms with Crippen molar-refractivity contribution < 1.29 is 0 Å². The summed E-state index contributed by atoms with van der Waals surface area (Å²) in [6, 6.07) is 10.2. The van der Waals surface area contributed by atoms with E-state index in [9.17, 15) is 0 Å². The average Bonchev–Trinajstić information content (AvgIpc) is 2.76. The summed E-state index contributed by atoms with van der Waals surface area (Å²) in [5, 5.41) is 2.88. The third-order valence-corrected chi connectivity index (χ3v) is 4.82. The van der Waals surface area contributed by atoms with Crippen molar-refractivity contribution >= 4 is 38.9 Å². The summed E-state index contributed by atoms with van der Waals surface area (Å²) >= 11 is 11.4. The van der Waals surface area contributed by atoms with Crippen LogP contribution in [0.4, 0.5) is 0 Å². The van der Waals surface area contributed by atoms with Gasteiger partial charge in [0.25, 0.3) is 0 Å². The fraction of sp³-hybridized carbons (Fsp3) is 0.231. The van der Waals surface area contributed by atoms with E-state index in [0.29, 0.717) is 0 Å². The largest absolute Gasteiger partial charge is 0.271 e. The molecule has 96 valence electrons. The minimum atomic E-state index is 0.190. The van der Waals surface area contributed by atoms with Gasteiger partial charge in [0, 0.05) is 25.8 Å². The highest BCUT2D eigenvalue weighted by atomic mass is 79.9. The van der Waals surface area contributed by atoms with E-state index in [1.165, 1.54) is 4.88 Å². The molecule has 0 aliphatic carbocycles. The second-order valence-electron chi connectivity index (χ2n) is 4.09. The first kappa shape index (κ1) is 14.0. The van der Waals surface area contributed by atoms with Crippen molar-refractivity contribution in [3.8, 4) is 0 Å². The predicted molar refractivity (Wildman–Crippen MR) is 82.0 cm³/mol. The molecule has 1 atom stereocenters. The van der Waals surface area contributed by atoms with Crippen LogP contribution in [0.5, 0.6) is 0 Å². The maximum atomic E-state index is 6.16. The highest BCUT2D eigenvalue weighted by molar-refractivity contribution is 9.10. The third kappa shape index (κ3) is 3.80. The topological polar surface area (TPSA) is 38.0 Å². The van der Waals surface area contributed by atoms with Gasteiger partial charge < -0.3 is 0 Å². The first-order valence-corrected chi connectivity index (χ1v) is 7.66. The molecule has 3 N–H and O–H groups in total. The molecule has 0 radical (unpaired) electrons. The standard InChI is InChI=1S/C13H14BrClN2S/c14-10-6-12(18-8-10)7-11(17-16)5-9-3-1-2-4-13(9)15/h1-4,6,8,11,17H,5,7,16H2. The number of halogens is 2. The van der Waals surface area contributed by atoms with Gasteiger partial charge in [-0.1, -0.05) is 29.8 Å². The van der Waals surface area contributed by atoms with Gasteiger partial charge in [-0.05, 0) is 46.5 Å². The number of nitrogens with one attached hydrogen (secondary N) is 1. The van der Waals surface area contributed by atoms with E-state index < -0.39 is 0 Å². The Morgan fingerprint density at radius 1 is 1.33 bits per heavy atom. The van der Waals surface area contributed by atoms with E-state index in [0.717, 1.165) is 27.9 Å². The molecule has 0 saturated carbocycles. The fourth-order valence-electron chi connectivity index (χ4n) is 1.82. The first-order chi connectivity index (χ1) is 8.69. The van der Waals surface area contributed by atoms with E-state index in [1.54, 1.807) is 11.3 Å². The van der Waals surface area contributed by atoms with E-state index >= 15 is 0 Å². The Balaban J connectivity index is 2.04. The molecule has 1 aromatic carbocycles. The van der Waals surface area contributed by atoms with Gasteiger partial charge in [-0.25, -0.2) is 0 Å². The van der Waals surface area contributed by atoms with Crippen LogP contribution in [-0.2, 0) is 12.8 Å². The van der Waals surface area contributed by atoms with Gasteiger partial charge in [0.2, 0.25) is 0 Å². The van der Waals surface area contributed by atoms with Crippen molar-refractivity contribution in [1.82, 2.24) is 5.43 Å². The van der Waals surface area contributed by atoms with E-state index in [1.807, 2.05) is 24.3 Å². The molecule has 0 aliphatic heterocycles. The molecule has 2 nitrogen and oxygen atoms in total. The van der Waals surface area contributed by atoms with Crippen LogP contribution in [0.25, 0.3) is 0 Å². The number of hydrazine groups is 1. The molecule has 0 spiro atoms. The number of hydrogen-bond donors (Lipinski definition) is 2. The van der Waals surface area contributed by atoms with Crippen LogP contribution in [0.15, 0.2) is 40.2 Å². The van der Waals surface area contributed by atoms with Gasteiger partial charge in [-0.2, -0.15) is 0 Å². The highest BCUT2D eigenvalue weighted by Gasteiger charge is 2.12. The molecule has 1 heterocycles. The second-order valence-corrected chi connectivity index (χ2v) is 6.41. The van der Waals surface area contributed by atoms with E-state index in [4.69, 9.17) is 17.4 Å². The smallest absolute Gasteiger partial charge is 0.0438 e. The fourth-order valence-corrected chi connectivity index (χ4v) is 3.57. The Kier molecular flexibility index (Phi) is 5.21. The Morgan fingerprint density at radius 2 is 2.11 bits per heavy atom. The van der Waals surface area contributed by atoms with Gasteiger partial charge in [0.1, 0.15) is 0 Å². The summed E-state index contributed by atoms with van der Waals surface area (Å²) in [5.41, 5.74) is 3.99. The Hall–Kier alpha value is -0.390. The van der Waals surface area contributed by atoms with Crippen LogP contribution in [-0.4, -0.2) is 6.04 Å². The molecule has 5 heteroatoms. The molecule has 0 amide bonds. The van der Waals surface area contributed by atoms with Crippen molar-refractivity contribution in [3.05, 3.63) is 55.6 Å². The molecule has 2 rings (SSSR count). The summed E-state index contributed by atoms with van der Waals surface area (Å²) in [6.45, 7) is 0. The zero-order valence-corrected chi connectivity index (χ0v) is 12.9. The number of thiophene rings is 1. The van der Waals surface area contributed by atoms with Crippen LogP contribution in [0, 0.1) is 0 Å². The maximum absolute atomic E-state index is 6.16. The number of nitrogens with two attached hydrogens (primary N) is 1. The summed E-state index contributed by atoms with van der Waals surface area (Å²) in [7, 11) is 0. The SMILES string of the molecule is NNC(Cc1cc(Br)cs1)Cc1ccccc1Cl. The van der Waals surface area contributed by atoms with Crippen molar-refractivity contribution in [2.45, 2.75) is 18.9 Å². The predicted octanol–water partition coefficient (Wildman–Crippen LogP) is 3.78. The van der Waals surface area contributed by atoms with Crippen molar-refractivity contribution in [2.75, 3.05) is 0 Å². The van der Waals surface area contributed by atoms with Crippen molar-refractivity contribution in [2.24, 2.45) is 5.84 Å². The van der Waals surface area contributed by atoms with Crippen LogP contribution in [0.3, 0.4) is 0 Å². The lowest BCUT2D eigenvalue weighted by molar-refractivity contribution is 0.526. The molecule has 18 heavy (non-hydrogen) atoms. The monoisotopic (exact) mass is 344 g/mol. The second kappa shape index (κ2) is 6.68. The third-order valence-electron chi connectivity index (χ3n) is 2.73. The molecule has 0 aliphatic rings. The quantitative estimate of drug-likeness (QED) is 0.639. The minimum Gasteiger partial charge on any atom is -0.271 e. The van der Waals surface area contributed by atoms with Crippen LogP contribution in [0.2, 0.25) is 5.02 Å². The minimum absolute atomic E-state index is 0.190. The van der Waals surface area contributed by atoms with Gasteiger partial charge >= 0.3 is 0 Å². The van der Waals surface area contributed by atoms with Gasteiger partial charge in [0.05, 0.1) is 0 Å². The lowest BCUT2D eigenvalue weighted by Crippen LogP contribution is -2.38. The Morgan fingerprint density at radius 3 is 2.72 bits per heavy atom. The lowest BCUT2D eigenvalue weighted by Gasteiger charge is -2.15. The number of rotatable bonds is 5. The van der Waals surface area contributed by atoms with Gasteiger partial charge in [-0.3, -0.25) is 11.3 Å². The Bertz CT molecular complexity index is 515. The number of benzene rings is 1. The number of hydrogen-bond acceptors (Lipinski definition) is 3. The van der Waals surface area contributed by atoms with Gasteiger partial charge in [-0.15, -0.1) is 11.3 Å². The summed E-state index contributed by atoms with van der Waals surface area (Å²) in [4.78, 5) is 1.30. The molecule has 2 aromatic rings. The lowest BCUT2D eigenvalue weighted by atomic mass is 10.0. The molecule has 0 saturated heterocycles. The molecular weight excluding hydrogens is 332 g/mol. The zero-order valence-electron chi connectivity index (χ0n) is 9.70. The molecular formula is C13H14BrClN2S. The van der Waals surface area contributed by atoms with Crippen LogP contribution < -0.4 is 11.3 Å². The van der Waals surface area contributed by atoms with Crippen LogP contribution in [0.1, 0.15) is 10.4 Å². The van der Waals surface area contributed by atoms with Crippen molar-refractivity contribution in [1.29, 1.82) is 0 Å². The maximum Gasteiger partial charge on any atom is 0.0438 e. The van der Waals surface area contributed by atoms with Crippen molar-refractivity contribution in [3.63, 3.8) is 0 Å². The first-order valence-electron chi connectivity index (χ1n) is 5.61. The zero-order chi connectivity index (χ0) is 13.0. The van der Waals surface area contributed by atoms with E-state index in [-0.39, 0.29) is 6.04 Å². The van der Waals surface area contributed by atoms with Gasteiger partial charge in [0.15, 0.2) is 0 Å². The van der Waals surface area contributed by atoms with Crippen LogP contribution >= 0.6 is 38.9 Å².